The van der Waals surface area contributed by atoms with Gasteiger partial charge in [-0.3, -0.25) is 4.79 Å². The van der Waals surface area contributed by atoms with Crippen molar-refractivity contribution in [3.63, 3.8) is 0 Å². The second-order valence-electron chi connectivity index (χ2n) is 10.3. The molecule has 1 aliphatic carbocycles. The van der Waals surface area contributed by atoms with Crippen molar-refractivity contribution in [3.8, 4) is 0 Å². The fraction of sp³-hybridized carbons (Fsp3) is 0.720. The predicted octanol–water partition coefficient (Wildman–Crippen LogP) is 2.52. The van der Waals surface area contributed by atoms with Crippen LogP contribution in [-0.4, -0.2) is 82.7 Å². The van der Waals surface area contributed by atoms with Crippen molar-refractivity contribution in [3.05, 3.63) is 35.6 Å². The molecule has 1 amide bonds. The lowest BCUT2D eigenvalue weighted by atomic mass is 9.82. The smallest absolute Gasteiger partial charge is 0.279 e. The second-order valence-corrected chi connectivity index (χ2v) is 12.2. The van der Waals surface area contributed by atoms with Crippen LogP contribution in [0.2, 0.25) is 0 Å². The Bertz CT molecular complexity index is 962. The molecule has 4 rings (SSSR count). The number of benzene rings is 1. The van der Waals surface area contributed by atoms with Crippen molar-refractivity contribution in [1.29, 1.82) is 0 Å². The van der Waals surface area contributed by atoms with Crippen molar-refractivity contribution >= 4 is 16.1 Å². The maximum atomic E-state index is 13.6. The monoisotopic (exact) mass is 511 g/mol. The van der Waals surface area contributed by atoms with Crippen molar-refractivity contribution in [2.75, 3.05) is 47.0 Å². The van der Waals surface area contributed by atoms with Crippen molar-refractivity contribution < 1.29 is 27.1 Å². The topological polar surface area (TPSA) is 88.2 Å². The zero-order valence-electron chi connectivity index (χ0n) is 20.7. The van der Waals surface area contributed by atoms with Gasteiger partial charge in [-0.05, 0) is 62.1 Å². The van der Waals surface area contributed by atoms with Gasteiger partial charge in [-0.25, -0.2) is 4.39 Å². The largest absolute Gasteiger partial charge is 0.381 e. The van der Waals surface area contributed by atoms with Crippen LogP contribution in [0.1, 0.15) is 50.0 Å². The van der Waals surface area contributed by atoms with Gasteiger partial charge in [0.15, 0.2) is 0 Å². The highest BCUT2D eigenvalue weighted by molar-refractivity contribution is 7.87. The van der Waals surface area contributed by atoms with Gasteiger partial charge >= 0.3 is 0 Å². The molecule has 2 heterocycles. The molecule has 8 nitrogen and oxygen atoms in total. The fourth-order valence-corrected chi connectivity index (χ4v) is 6.33. The molecule has 3 fully saturated rings. The van der Waals surface area contributed by atoms with Crippen molar-refractivity contribution in [2.45, 2.75) is 56.6 Å². The number of carbonyl (C=O) groups is 1. The minimum atomic E-state index is -3.60. The minimum absolute atomic E-state index is 0.0835. The van der Waals surface area contributed by atoms with E-state index in [1.165, 1.54) is 24.5 Å². The molecule has 1 N–H and O–H groups in total. The summed E-state index contributed by atoms with van der Waals surface area (Å²) >= 11 is 0. The zero-order chi connectivity index (χ0) is 25.0. The maximum Gasteiger partial charge on any atom is 0.279 e. The Balaban J connectivity index is 1.35. The summed E-state index contributed by atoms with van der Waals surface area (Å²) < 4.78 is 54.3. The Morgan fingerprint density at radius 2 is 1.97 bits per heavy atom. The van der Waals surface area contributed by atoms with Gasteiger partial charge in [0.2, 0.25) is 5.91 Å². The number of nitrogens with one attached hydrogen (secondary N) is 1. The Morgan fingerprint density at radius 1 is 1.20 bits per heavy atom. The van der Waals surface area contributed by atoms with Crippen LogP contribution >= 0.6 is 0 Å². The van der Waals surface area contributed by atoms with Crippen LogP contribution in [0.4, 0.5) is 4.39 Å². The van der Waals surface area contributed by atoms with E-state index in [9.17, 15) is 17.6 Å². The average Bonchev–Trinajstić information content (AvgIpc) is 3.38. The third-order valence-electron chi connectivity index (χ3n) is 7.65. The molecule has 1 unspecified atom stereocenters. The summed E-state index contributed by atoms with van der Waals surface area (Å²) in [5.41, 5.74) is 1.04. The second kappa shape index (κ2) is 11.6. The number of hydrogen-bond donors (Lipinski definition) is 1. The van der Waals surface area contributed by atoms with E-state index in [1.54, 1.807) is 12.1 Å². The molecule has 0 spiro atoms. The van der Waals surface area contributed by atoms with Crippen LogP contribution in [-0.2, 0) is 24.5 Å². The summed E-state index contributed by atoms with van der Waals surface area (Å²) in [6.45, 7) is 2.45. The van der Waals surface area contributed by atoms with E-state index in [-0.39, 0.29) is 35.7 Å². The standard InChI is InChI=1S/C25H38FN3O5S/c1-28(2)35(31,32)27-24-10-12-29(25(30)20-11-13-33-16-20)15-21(24)17-34-23-8-6-18(7-9-23)19-4-3-5-22(26)14-19/h3-5,14,18,20-21,23-24,27H,6-13,15-17H2,1-2H3/t18?,20-,21?,23?,24+/m1/s1. The van der Waals surface area contributed by atoms with Gasteiger partial charge in [0.05, 0.1) is 25.2 Å². The molecule has 0 aromatic heterocycles. The van der Waals surface area contributed by atoms with Gasteiger partial charge in [0.25, 0.3) is 10.2 Å². The number of ether oxygens (including phenoxy) is 2. The number of rotatable bonds is 8. The van der Waals surface area contributed by atoms with Gasteiger partial charge in [-0.15, -0.1) is 0 Å². The molecule has 2 saturated heterocycles. The number of amides is 1. The summed E-state index contributed by atoms with van der Waals surface area (Å²) in [7, 11) is -0.588. The highest BCUT2D eigenvalue weighted by atomic mass is 32.2. The normalized spacial score (nSPS) is 30.1. The summed E-state index contributed by atoms with van der Waals surface area (Å²) in [5.74, 6) is -0.0123. The SMILES string of the molecule is CN(C)S(=O)(=O)N[C@H]1CCN(C(=O)[C@@H]2CCOC2)CC1COC1CCC(c2cccc(F)c2)CC1. The Labute approximate surface area is 208 Å². The fourth-order valence-electron chi connectivity index (χ4n) is 5.42. The molecule has 196 valence electrons. The lowest BCUT2D eigenvalue weighted by molar-refractivity contribution is -0.138. The van der Waals surface area contributed by atoms with E-state index in [4.69, 9.17) is 9.47 Å². The predicted molar refractivity (Wildman–Crippen MR) is 130 cm³/mol. The van der Waals surface area contributed by atoms with Crippen LogP contribution in [0.5, 0.6) is 0 Å². The molecule has 3 aliphatic rings. The quantitative estimate of drug-likeness (QED) is 0.580. The zero-order valence-corrected chi connectivity index (χ0v) is 21.5. The van der Waals surface area contributed by atoms with E-state index in [1.807, 2.05) is 11.0 Å². The van der Waals surface area contributed by atoms with E-state index >= 15 is 0 Å². The van der Waals surface area contributed by atoms with Gasteiger partial charge < -0.3 is 14.4 Å². The number of nitrogens with zero attached hydrogens (tertiary/aromatic N) is 2. The summed E-state index contributed by atoms with van der Waals surface area (Å²) in [6.07, 6.45) is 4.99. The molecule has 1 saturated carbocycles. The molecule has 2 aliphatic heterocycles. The molecular weight excluding hydrogens is 473 g/mol. The molecule has 35 heavy (non-hydrogen) atoms. The van der Waals surface area contributed by atoms with Crippen molar-refractivity contribution in [2.24, 2.45) is 11.8 Å². The number of piperidine rings is 1. The van der Waals surface area contributed by atoms with E-state index in [0.29, 0.717) is 45.2 Å². The van der Waals surface area contributed by atoms with Crippen molar-refractivity contribution in [1.82, 2.24) is 13.9 Å². The van der Waals surface area contributed by atoms with E-state index < -0.39 is 10.2 Å². The maximum absolute atomic E-state index is 13.6. The highest BCUT2D eigenvalue weighted by Crippen LogP contribution is 2.35. The number of likely N-dealkylation sites (tertiary alicyclic amines) is 1. The van der Waals surface area contributed by atoms with Crippen LogP contribution < -0.4 is 4.72 Å². The van der Waals surface area contributed by atoms with E-state index in [0.717, 1.165) is 37.7 Å². The molecule has 3 atom stereocenters. The molecule has 1 aromatic rings. The first kappa shape index (κ1) is 26.5. The molecule has 0 bridgehead atoms. The molecule has 1 aromatic carbocycles. The van der Waals surface area contributed by atoms with Gasteiger partial charge in [0.1, 0.15) is 5.82 Å². The Kier molecular flexibility index (Phi) is 8.80. The van der Waals surface area contributed by atoms with Crippen LogP contribution in [0, 0.1) is 17.7 Å². The van der Waals surface area contributed by atoms with Gasteiger partial charge in [-0.1, -0.05) is 12.1 Å². The molecule has 10 heteroatoms. The van der Waals surface area contributed by atoms with Crippen LogP contribution in [0.25, 0.3) is 0 Å². The lowest BCUT2D eigenvalue weighted by Crippen LogP contribution is -2.56. The summed E-state index contributed by atoms with van der Waals surface area (Å²) in [4.78, 5) is 14.8. The summed E-state index contributed by atoms with van der Waals surface area (Å²) in [5, 5.41) is 0. The van der Waals surface area contributed by atoms with Crippen LogP contribution in [0.3, 0.4) is 0 Å². The number of halogens is 1. The molecular formula is C25H38FN3O5S. The van der Waals surface area contributed by atoms with Gasteiger partial charge in [0, 0.05) is 45.8 Å². The minimum Gasteiger partial charge on any atom is -0.381 e. The lowest BCUT2D eigenvalue weighted by Gasteiger charge is -2.40. The highest BCUT2D eigenvalue weighted by Gasteiger charge is 2.38. The van der Waals surface area contributed by atoms with Gasteiger partial charge in [-0.2, -0.15) is 17.4 Å². The average molecular weight is 512 g/mol. The first-order valence-electron chi connectivity index (χ1n) is 12.7. The molecule has 0 radical (unpaired) electrons. The first-order valence-corrected chi connectivity index (χ1v) is 14.1. The third kappa shape index (κ3) is 6.80. The Morgan fingerprint density at radius 3 is 2.63 bits per heavy atom. The number of hydrogen-bond acceptors (Lipinski definition) is 5. The third-order valence-corrected chi connectivity index (χ3v) is 9.21. The first-order chi connectivity index (χ1) is 16.7. The number of carbonyl (C=O) groups excluding carboxylic acids is 1. The Hall–Kier alpha value is -1.59. The van der Waals surface area contributed by atoms with E-state index in [2.05, 4.69) is 4.72 Å². The van der Waals surface area contributed by atoms with Crippen LogP contribution in [0.15, 0.2) is 24.3 Å². The summed E-state index contributed by atoms with van der Waals surface area (Å²) in [6, 6.07) is 6.54.